The van der Waals surface area contributed by atoms with Crippen molar-refractivity contribution in [3.05, 3.63) is 47.3 Å². The van der Waals surface area contributed by atoms with Gasteiger partial charge < -0.3 is 14.4 Å². The molecule has 0 bridgehead atoms. The second kappa shape index (κ2) is 7.05. The van der Waals surface area contributed by atoms with Crippen molar-refractivity contribution >= 4 is 0 Å². The van der Waals surface area contributed by atoms with E-state index in [1.807, 2.05) is 13.0 Å². The van der Waals surface area contributed by atoms with E-state index in [0.717, 1.165) is 17.0 Å². The lowest BCUT2D eigenvalue weighted by Crippen LogP contribution is -2.21. The lowest BCUT2D eigenvalue weighted by atomic mass is 10.0. The molecule has 5 nitrogen and oxygen atoms in total. The molecule has 0 radical (unpaired) electrons. The van der Waals surface area contributed by atoms with Crippen molar-refractivity contribution in [3.8, 4) is 5.75 Å². The fourth-order valence-electron chi connectivity index (χ4n) is 3.10. The number of aliphatic hydroxyl groups excluding tert-OH is 1. The summed E-state index contributed by atoms with van der Waals surface area (Å²) >= 11 is 0. The minimum atomic E-state index is -4.69. The van der Waals surface area contributed by atoms with Crippen LogP contribution in [-0.4, -0.2) is 40.7 Å². The smallest absolute Gasteiger partial charge is 0.406 e. The molecule has 2 heterocycles. The molecule has 1 N–H and O–H groups in total. The molecule has 8 heteroatoms. The Kier molecular flexibility index (Phi) is 5.01. The van der Waals surface area contributed by atoms with Crippen LogP contribution in [0, 0.1) is 12.8 Å². The molecular formula is C17H19F3N2O3. The average molecular weight is 356 g/mol. The largest absolute Gasteiger partial charge is 0.573 e. The number of rotatable bonds is 5. The SMILES string of the molecule is Cc1cc(CC2CN(Cc3ccc(OC(F)(F)F)cc3)CC2O)on1. The maximum atomic E-state index is 12.2. The van der Waals surface area contributed by atoms with Crippen molar-refractivity contribution < 1.29 is 27.5 Å². The van der Waals surface area contributed by atoms with E-state index in [0.29, 0.717) is 26.1 Å². The second-order valence-electron chi connectivity index (χ2n) is 6.35. The Balaban J connectivity index is 1.55. The fourth-order valence-corrected chi connectivity index (χ4v) is 3.10. The van der Waals surface area contributed by atoms with Gasteiger partial charge in [0.1, 0.15) is 11.5 Å². The summed E-state index contributed by atoms with van der Waals surface area (Å²) in [5.74, 6) is 0.550. The summed E-state index contributed by atoms with van der Waals surface area (Å²) in [5, 5.41) is 14.1. The quantitative estimate of drug-likeness (QED) is 0.893. The van der Waals surface area contributed by atoms with Crippen LogP contribution in [0.5, 0.6) is 5.75 Å². The molecule has 1 saturated heterocycles. The van der Waals surface area contributed by atoms with Gasteiger partial charge >= 0.3 is 6.36 Å². The van der Waals surface area contributed by atoms with E-state index in [1.54, 1.807) is 12.1 Å². The molecule has 1 aromatic heterocycles. The number of halogens is 3. The van der Waals surface area contributed by atoms with Gasteiger partial charge in [-0.3, -0.25) is 4.90 Å². The summed E-state index contributed by atoms with van der Waals surface area (Å²) in [7, 11) is 0. The number of likely N-dealkylation sites (tertiary alicyclic amines) is 1. The van der Waals surface area contributed by atoms with Crippen molar-refractivity contribution in [2.75, 3.05) is 13.1 Å². The maximum absolute atomic E-state index is 12.2. The third-order valence-electron chi connectivity index (χ3n) is 4.19. The van der Waals surface area contributed by atoms with Crippen LogP contribution in [0.15, 0.2) is 34.9 Å². The van der Waals surface area contributed by atoms with Crippen LogP contribution in [0.2, 0.25) is 0 Å². The zero-order valence-electron chi connectivity index (χ0n) is 13.7. The summed E-state index contributed by atoms with van der Waals surface area (Å²) in [5.41, 5.74) is 1.67. The first kappa shape index (κ1) is 17.8. The van der Waals surface area contributed by atoms with E-state index in [1.165, 1.54) is 12.1 Å². The Labute approximate surface area is 143 Å². The first-order valence-corrected chi connectivity index (χ1v) is 7.96. The third kappa shape index (κ3) is 4.96. The maximum Gasteiger partial charge on any atom is 0.573 e. The number of aliphatic hydroxyl groups is 1. The van der Waals surface area contributed by atoms with Gasteiger partial charge in [-0.2, -0.15) is 0 Å². The number of benzene rings is 1. The van der Waals surface area contributed by atoms with Gasteiger partial charge in [0.2, 0.25) is 0 Å². The number of ether oxygens (including phenoxy) is 1. The predicted octanol–water partition coefficient (Wildman–Crippen LogP) is 2.92. The van der Waals surface area contributed by atoms with Crippen molar-refractivity contribution in [2.24, 2.45) is 5.92 Å². The van der Waals surface area contributed by atoms with Gasteiger partial charge in [-0.25, -0.2) is 0 Å². The first-order chi connectivity index (χ1) is 11.8. The standard InChI is InChI=1S/C17H19F3N2O3/c1-11-6-15(25-21-11)7-13-9-22(10-16(13)23)8-12-2-4-14(5-3-12)24-17(18,19)20/h2-6,13,16,23H,7-10H2,1H3. The minimum absolute atomic E-state index is 0.0418. The molecule has 1 fully saturated rings. The molecule has 2 aromatic rings. The Hall–Kier alpha value is -2.06. The number of alkyl halides is 3. The van der Waals surface area contributed by atoms with Crippen LogP contribution in [0.1, 0.15) is 17.0 Å². The van der Waals surface area contributed by atoms with E-state index in [9.17, 15) is 18.3 Å². The van der Waals surface area contributed by atoms with E-state index < -0.39 is 12.5 Å². The Morgan fingerprint density at radius 2 is 2.00 bits per heavy atom. The van der Waals surface area contributed by atoms with Crippen LogP contribution in [0.4, 0.5) is 13.2 Å². The van der Waals surface area contributed by atoms with E-state index in [2.05, 4.69) is 14.8 Å². The van der Waals surface area contributed by atoms with Crippen LogP contribution in [0.3, 0.4) is 0 Å². The van der Waals surface area contributed by atoms with Gasteiger partial charge in [-0.15, -0.1) is 13.2 Å². The van der Waals surface area contributed by atoms with Crippen LogP contribution >= 0.6 is 0 Å². The van der Waals surface area contributed by atoms with Gasteiger partial charge in [0.05, 0.1) is 11.8 Å². The Morgan fingerprint density at radius 1 is 1.28 bits per heavy atom. The summed E-state index contributed by atoms with van der Waals surface area (Å²) in [6.07, 6.45) is -4.55. The molecule has 25 heavy (non-hydrogen) atoms. The molecule has 2 atom stereocenters. The zero-order valence-corrected chi connectivity index (χ0v) is 13.7. The summed E-state index contributed by atoms with van der Waals surface area (Å²) in [4.78, 5) is 2.07. The summed E-state index contributed by atoms with van der Waals surface area (Å²) in [6.45, 7) is 3.59. The average Bonchev–Trinajstić information content (AvgIpc) is 3.06. The predicted molar refractivity (Wildman–Crippen MR) is 82.8 cm³/mol. The van der Waals surface area contributed by atoms with Crippen molar-refractivity contribution in [1.29, 1.82) is 0 Å². The number of hydrogen-bond donors (Lipinski definition) is 1. The van der Waals surface area contributed by atoms with E-state index in [-0.39, 0.29) is 11.7 Å². The Bertz CT molecular complexity index is 700. The normalized spacial score (nSPS) is 21.6. The minimum Gasteiger partial charge on any atom is -0.406 e. The highest BCUT2D eigenvalue weighted by Crippen LogP contribution is 2.26. The highest BCUT2D eigenvalue weighted by atomic mass is 19.4. The molecule has 0 aliphatic carbocycles. The number of β-amino-alcohol motifs (C(OH)–C–C–N with tert-alkyl or cyclic N) is 1. The highest BCUT2D eigenvalue weighted by molar-refractivity contribution is 5.27. The van der Waals surface area contributed by atoms with Crippen molar-refractivity contribution in [2.45, 2.75) is 32.4 Å². The monoisotopic (exact) mass is 356 g/mol. The van der Waals surface area contributed by atoms with E-state index in [4.69, 9.17) is 4.52 Å². The Morgan fingerprint density at radius 3 is 2.60 bits per heavy atom. The molecule has 0 amide bonds. The molecule has 136 valence electrons. The molecule has 0 saturated carbocycles. The molecule has 3 rings (SSSR count). The second-order valence-corrected chi connectivity index (χ2v) is 6.35. The lowest BCUT2D eigenvalue weighted by molar-refractivity contribution is -0.274. The molecular weight excluding hydrogens is 337 g/mol. The number of aryl methyl sites for hydroxylation is 1. The van der Waals surface area contributed by atoms with Crippen LogP contribution in [0.25, 0.3) is 0 Å². The number of hydrogen-bond acceptors (Lipinski definition) is 5. The van der Waals surface area contributed by atoms with Gasteiger partial charge in [-0.1, -0.05) is 17.3 Å². The van der Waals surface area contributed by atoms with Crippen molar-refractivity contribution in [3.63, 3.8) is 0 Å². The summed E-state index contributed by atoms with van der Waals surface area (Å²) < 4.78 is 45.6. The number of nitrogens with zero attached hydrogens (tertiary/aromatic N) is 2. The lowest BCUT2D eigenvalue weighted by Gasteiger charge is -2.16. The molecule has 2 unspecified atom stereocenters. The summed E-state index contributed by atoms with van der Waals surface area (Å²) in [6, 6.07) is 7.64. The zero-order chi connectivity index (χ0) is 18.0. The number of aromatic nitrogens is 1. The van der Waals surface area contributed by atoms with E-state index >= 15 is 0 Å². The van der Waals surface area contributed by atoms with Crippen molar-refractivity contribution in [1.82, 2.24) is 10.1 Å². The third-order valence-corrected chi connectivity index (χ3v) is 4.19. The van der Waals surface area contributed by atoms with Crippen LogP contribution in [-0.2, 0) is 13.0 Å². The molecule has 0 spiro atoms. The topological polar surface area (TPSA) is 58.7 Å². The van der Waals surface area contributed by atoms with Gasteiger partial charge in [0.15, 0.2) is 0 Å². The molecule has 1 aromatic carbocycles. The van der Waals surface area contributed by atoms with Gasteiger partial charge in [-0.05, 0) is 24.6 Å². The van der Waals surface area contributed by atoms with Gasteiger partial charge in [0.25, 0.3) is 0 Å². The van der Waals surface area contributed by atoms with Crippen LogP contribution < -0.4 is 4.74 Å². The first-order valence-electron chi connectivity index (χ1n) is 7.96. The molecule has 1 aliphatic rings. The highest BCUT2D eigenvalue weighted by Gasteiger charge is 2.33. The molecule has 1 aliphatic heterocycles. The fraction of sp³-hybridized carbons (Fsp3) is 0.471. The van der Waals surface area contributed by atoms with Gasteiger partial charge in [0, 0.05) is 38.0 Å².